The lowest BCUT2D eigenvalue weighted by Gasteiger charge is -2.27. The van der Waals surface area contributed by atoms with Crippen molar-refractivity contribution in [3.63, 3.8) is 0 Å². The Labute approximate surface area is 220 Å². The fourth-order valence-corrected chi connectivity index (χ4v) is 4.36. The first-order valence-electron chi connectivity index (χ1n) is 12.4. The summed E-state index contributed by atoms with van der Waals surface area (Å²) in [5.41, 5.74) is 9.53. The number of nitrogens with one attached hydrogen (secondary N) is 2. The summed E-state index contributed by atoms with van der Waals surface area (Å²) in [7, 11) is 1.59. The van der Waals surface area contributed by atoms with Crippen molar-refractivity contribution in [1.29, 1.82) is 0 Å². The van der Waals surface area contributed by atoms with Gasteiger partial charge in [-0.1, -0.05) is 12.1 Å². The molecule has 1 aliphatic rings. The van der Waals surface area contributed by atoms with E-state index in [1.54, 1.807) is 31.5 Å². The number of pyridine rings is 1. The van der Waals surface area contributed by atoms with Gasteiger partial charge in [0.2, 0.25) is 5.91 Å². The van der Waals surface area contributed by atoms with Crippen molar-refractivity contribution in [3.8, 4) is 16.9 Å². The molecule has 194 valence electrons. The average Bonchev–Trinajstić information content (AvgIpc) is 3.38. The van der Waals surface area contributed by atoms with Gasteiger partial charge in [0.25, 0.3) is 5.91 Å². The molecule has 9 heteroatoms. The van der Waals surface area contributed by atoms with Crippen molar-refractivity contribution in [1.82, 2.24) is 20.5 Å². The van der Waals surface area contributed by atoms with Crippen molar-refractivity contribution >= 4 is 34.7 Å². The van der Waals surface area contributed by atoms with Crippen molar-refractivity contribution in [2.45, 2.75) is 6.54 Å². The minimum absolute atomic E-state index is 0.0487. The van der Waals surface area contributed by atoms with Gasteiger partial charge in [-0.05, 0) is 65.2 Å². The number of furan rings is 1. The third-order valence-corrected chi connectivity index (χ3v) is 6.40. The molecule has 0 bridgehead atoms. The summed E-state index contributed by atoms with van der Waals surface area (Å²) >= 11 is 0. The number of amides is 2. The molecule has 0 radical (unpaired) electrons. The maximum Gasteiger partial charge on any atom is 0.253 e. The Morgan fingerprint density at radius 2 is 1.89 bits per heavy atom. The second-order valence-electron chi connectivity index (χ2n) is 9.00. The van der Waals surface area contributed by atoms with Gasteiger partial charge in [-0.15, -0.1) is 0 Å². The summed E-state index contributed by atoms with van der Waals surface area (Å²) in [5.74, 6) is 1.40. The van der Waals surface area contributed by atoms with E-state index in [1.165, 1.54) is 6.08 Å². The number of aromatic nitrogens is 1. The highest BCUT2D eigenvalue weighted by atomic mass is 16.5. The molecule has 2 aromatic heterocycles. The zero-order valence-corrected chi connectivity index (χ0v) is 21.1. The normalized spacial score (nSPS) is 13.7. The zero-order valence-electron chi connectivity index (χ0n) is 21.1. The molecule has 1 aliphatic heterocycles. The predicted molar refractivity (Wildman–Crippen MR) is 147 cm³/mol. The number of anilines is 1. The molecule has 2 amide bonds. The van der Waals surface area contributed by atoms with E-state index >= 15 is 0 Å². The first-order chi connectivity index (χ1) is 18.5. The molecule has 0 atom stereocenters. The molecular formula is C29H29N5O4. The van der Waals surface area contributed by atoms with Crippen molar-refractivity contribution in [2.75, 3.05) is 39.0 Å². The minimum atomic E-state index is -0.259. The standard InChI is InChI=1S/C29H29N5O4/c1-37-25-16-22(20-4-6-21(7-5-20)29(36)34-12-10-31-11-13-34)14-23-15-24(38-28(23)25)18-33-27(35)9-3-19-2-8-26(30)32-17-19/h2-9,14-17,31H,10-13,18H2,1H3,(H2,30,32)(H,33,35)/b9-3+. The Kier molecular flexibility index (Phi) is 7.37. The number of benzene rings is 2. The number of nitrogens with zero attached hydrogens (tertiary/aromatic N) is 2. The molecule has 38 heavy (non-hydrogen) atoms. The van der Waals surface area contributed by atoms with E-state index < -0.39 is 0 Å². The van der Waals surface area contributed by atoms with E-state index in [2.05, 4.69) is 15.6 Å². The van der Waals surface area contributed by atoms with Crippen LogP contribution in [0, 0.1) is 0 Å². The molecule has 4 aromatic rings. The first-order valence-corrected chi connectivity index (χ1v) is 12.4. The van der Waals surface area contributed by atoms with Crippen LogP contribution in [-0.4, -0.2) is 55.0 Å². The molecule has 0 saturated carbocycles. The van der Waals surface area contributed by atoms with E-state index in [0.29, 0.717) is 41.6 Å². The number of nitrogen functional groups attached to an aromatic ring is 1. The highest BCUT2D eigenvalue weighted by Gasteiger charge is 2.18. The van der Waals surface area contributed by atoms with Gasteiger partial charge in [-0.3, -0.25) is 9.59 Å². The Hall–Kier alpha value is -4.63. The summed E-state index contributed by atoms with van der Waals surface area (Å²) in [6.07, 6.45) is 4.70. The summed E-state index contributed by atoms with van der Waals surface area (Å²) in [5, 5.41) is 6.94. The van der Waals surface area contributed by atoms with Crippen LogP contribution in [0.4, 0.5) is 5.82 Å². The van der Waals surface area contributed by atoms with Crippen molar-refractivity contribution < 1.29 is 18.7 Å². The van der Waals surface area contributed by atoms with Crippen LogP contribution in [0.1, 0.15) is 21.7 Å². The number of nitrogens with two attached hydrogens (primary N) is 1. The third-order valence-electron chi connectivity index (χ3n) is 6.40. The Balaban J connectivity index is 1.29. The van der Waals surface area contributed by atoms with Crippen LogP contribution >= 0.6 is 0 Å². The van der Waals surface area contributed by atoms with Crippen LogP contribution in [0.25, 0.3) is 28.2 Å². The number of hydrogen-bond donors (Lipinski definition) is 3. The maximum absolute atomic E-state index is 12.8. The lowest BCUT2D eigenvalue weighted by Crippen LogP contribution is -2.46. The van der Waals surface area contributed by atoms with Gasteiger partial charge in [0.15, 0.2) is 11.3 Å². The molecule has 3 heterocycles. The second-order valence-corrected chi connectivity index (χ2v) is 9.00. The quantitative estimate of drug-likeness (QED) is 0.325. The number of ether oxygens (including phenoxy) is 1. The lowest BCUT2D eigenvalue weighted by atomic mass is 10.0. The van der Waals surface area contributed by atoms with Crippen LogP contribution in [0.15, 0.2) is 71.3 Å². The van der Waals surface area contributed by atoms with E-state index in [-0.39, 0.29) is 18.4 Å². The maximum atomic E-state index is 12.8. The van der Waals surface area contributed by atoms with Crippen molar-refractivity contribution in [3.05, 3.63) is 83.8 Å². The van der Waals surface area contributed by atoms with E-state index in [9.17, 15) is 9.59 Å². The number of rotatable bonds is 7. The fourth-order valence-electron chi connectivity index (χ4n) is 4.36. The smallest absolute Gasteiger partial charge is 0.253 e. The number of methoxy groups -OCH3 is 1. The fraction of sp³-hybridized carbons (Fsp3) is 0.207. The summed E-state index contributed by atoms with van der Waals surface area (Å²) < 4.78 is 11.6. The van der Waals surface area contributed by atoms with Gasteiger partial charge in [0, 0.05) is 49.4 Å². The second kappa shape index (κ2) is 11.2. The molecule has 4 N–H and O–H groups in total. The monoisotopic (exact) mass is 511 g/mol. The zero-order chi connectivity index (χ0) is 26.5. The summed E-state index contributed by atoms with van der Waals surface area (Å²) in [6, 6.07) is 16.9. The summed E-state index contributed by atoms with van der Waals surface area (Å²) in [6.45, 7) is 3.29. The average molecular weight is 512 g/mol. The Bertz CT molecular complexity index is 1470. The minimum Gasteiger partial charge on any atom is -0.493 e. The number of hydrogen-bond acceptors (Lipinski definition) is 7. The molecule has 0 spiro atoms. The predicted octanol–water partition coefficient (Wildman–Crippen LogP) is 3.46. The number of carbonyl (C=O) groups excluding carboxylic acids is 2. The lowest BCUT2D eigenvalue weighted by molar-refractivity contribution is -0.116. The molecule has 0 unspecified atom stereocenters. The molecule has 1 fully saturated rings. The van der Waals surface area contributed by atoms with Crippen LogP contribution in [0.5, 0.6) is 5.75 Å². The SMILES string of the molecule is COc1cc(-c2ccc(C(=O)N3CCNCC3)cc2)cc2cc(CNC(=O)/C=C/c3ccc(N)nc3)oc12. The molecule has 0 aliphatic carbocycles. The molecule has 1 saturated heterocycles. The van der Waals surface area contributed by atoms with Gasteiger partial charge >= 0.3 is 0 Å². The van der Waals surface area contributed by atoms with Gasteiger partial charge < -0.3 is 30.4 Å². The van der Waals surface area contributed by atoms with Gasteiger partial charge in [-0.25, -0.2) is 4.98 Å². The topological polar surface area (TPSA) is 123 Å². The molecule has 9 nitrogen and oxygen atoms in total. The Morgan fingerprint density at radius 3 is 2.61 bits per heavy atom. The highest BCUT2D eigenvalue weighted by molar-refractivity contribution is 5.95. The first kappa shape index (κ1) is 25.0. The van der Waals surface area contributed by atoms with Crippen molar-refractivity contribution in [2.24, 2.45) is 0 Å². The van der Waals surface area contributed by atoms with Gasteiger partial charge in [0.1, 0.15) is 11.6 Å². The van der Waals surface area contributed by atoms with Gasteiger partial charge in [-0.2, -0.15) is 0 Å². The molecule has 5 rings (SSSR count). The highest BCUT2D eigenvalue weighted by Crippen LogP contribution is 2.34. The number of fused-ring (bicyclic) bond motifs is 1. The van der Waals surface area contributed by atoms with Gasteiger partial charge in [0.05, 0.1) is 13.7 Å². The van der Waals surface area contributed by atoms with Crippen LogP contribution in [0.2, 0.25) is 0 Å². The molecular weight excluding hydrogens is 482 g/mol. The number of carbonyl (C=O) groups is 2. The summed E-state index contributed by atoms with van der Waals surface area (Å²) in [4.78, 5) is 30.9. The third kappa shape index (κ3) is 5.68. The van der Waals surface area contributed by atoms with Crippen LogP contribution in [-0.2, 0) is 11.3 Å². The Morgan fingerprint density at radius 1 is 1.11 bits per heavy atom. The van der Waals surface area contributed by atoms with E-state index in [4.69, 9.17) is 14.9 Å². The van der Waals surface area contributed by atoms with Crippen LogP contribution in [0.3, 0.4) is 0 Å². The molecule has 2 aromatic carbocycles. The number of piperazine rings is 1. The van der Waals surface area contributed by atoms with Crippen LogP contribution < -0.4 is 21.1 Å². The largest absolute Gasteiger partial charge is 0.493 e. The van der Waals surface area contributed by atoms with E-state index in [0.717, 1.165) is 35.2 Å². The van der Waals surface area contributed by atoms with E-state index in [1.807, 2.05) is 47.4 Å².